The molecular formula is C10H12N2O4. The molecule has 0 aliphatic rings. The van der Waals surface area contributed by atoms with Gasteiger partial charge in [0, 0.05) is 18.2 Å². The highest BCUT2D eigenvalue weighted by molar-refractivity contribution is 5.73. The van der Waals surface area contributed by atoms with Gasteiger partial charge in [-0.2, -0.15) is 0 Å². The molecule has 0 bridgehead atoms. The predicted molar refractivity (Wildman–Crippen MR) is 57.0 cm³/mol. The van der Waals surface area contributed by atoms with Gasteiger partial charge in [-0.05, 0) is 19.1 Å². The van der Waals surface area contributed by atoms with Gasteiger partial charge in [0.15, 0.2) is 0 Å². The lowest BCUT2D eigenvalue weighted by Crippen LogP contribution is -2.22. The molecule has 0 saturated carbocycles. The van der Waals surface area contributed by atoms with Crippen molar-refractivity contribution in [2.45, 2.75) is 19.4 Å². The molecule has 0 spiro atoms. The van der Waals surface area contributed by atoms with E-state index in [9.17, 15) is 14.9 Å². The molecule has 1 aromatic carbocycles. The second-order valence-electron chi connectivity index (χ2n) is 3.41. The van der Waals surface area contributed by atoms with Gasteiger partial charge in [0.2, 0.25) is 0 Å². The van der Waals surface area contributed by atoms with Crippen molar-refractivity contribution < 1.29 is 14.5 Å². The lowest BCUT2D eigenvalue weighted by molar-refractivity contribution is -0.384. The summed E-state index contributed by atoms with van der Waals surface area (Å²) in [6.07, 6.45) is 0.108. The van der Waals surface area contributed by atoms with Crippen molar-refractivity contribution in [1.82, 2.24) is 0 Å². The van der Waals surface area contributed by atoms with Gasteiger partial charge in [0.05, 0.1) is 11.3 Å². The fourth-order valence-corrected chi connectivity index (χ4v) is 1.07. The van der Waals surface area contributed by atoms with Crippen molar-refractivity contribution >= 4 is 11.7 Å². The summed E-state index contributed by atoms with van der Waals surface area (Å²) < 4.78 is 4.92. The first-order valence-electron chi connectivity index (χ1n) is 4.69. The predicted octanol–water partition coefficient (Wildman–Crippen LogP) is 1.24. The molecule has 1 rings (SSSR count). The maximum atomic E-state index is 11.2. The average molecular weight is 224 g/mol. The van der Waals surface area contributed by atoms with Crippen LogP contribution in [0.1, 0.15) is 13.3 Å². The summed E-state index contributed by atoms with van der Waals surface area (Å²) in [5, 5.41) is 10.4. The number of nitro groups is 1. The van der Waals surface area contributed by atoms with Gasteiger partial charge >= 0.3 is 5.97 Å². The van der Waals surface area contributed by atoms with Gasteiger partial charge in [-0.1, -0.05) is 0 Å². The molecular weight excluding hydrogens is 212 g/mol. The second-order valence-corrected chi connectivity index (χ2v) is 3.41. The fourth-order valence-electron chi connectivity index (χ4n) is 1.07. The van der Waals surface area contributed by atoms with Crippen molar-refractivity contribution in [3.8, 4) is 5.75 Å². The Kier molecular flexibility index (Phi) is 3.96. The lowest BCUT2D eigenvalue weighted by atomic mass is 10.2. The monoisotopic (exact) mass is 224 g/mol. The number of hydrogen-bond donors (Lipinski definition) is 1. The topological polar surface area (TPSA) is 95.5 Å². The van der Waals surface area contributed by atoms with Gasteiger partial charge in [0.25, 0.3) is 5.69 Å². The second kappa shape index (κ2) is 5.22. The molecule has 0 aliphatic heterocycles. The summed E-state index contributed by atoms with van der Waals surface area (Å²) in [5.41, 5.74) is 5.37. The van der Waals surface area contributed by atoms with E-state index in [1.54, 1.807) is 6.92 Å². The van der Waals surface area contributed by atoms with Crippen LogP contribution < -0.4 is 10.5 Å². The minimum atomic E-state index is -0.520. The van der Waals surface area contributed by atoms with Crippen LogP contribution in [0.4, 0.5) is 5.69 Å². The summed E-state index contributed by atoms with van der Waals surface area (Å²) in [4.78, 5) is 21.0. The van der Waals surface area contributed by atoms with Crippen molar-refractivity contribution in [1.29, 1.82) is 0 Å². The maximum Gasteiger partial charge on any atom is 0.312 e. The summed E-state index contributed by atoms with van der Waals surface area (Å²) in [5.74, 6) is -0.180. The largest absolute Gasteiger partial charge is 0.426 e. The Bertz CT molecular complexity index is 386. The van der Waals surface area contributed by atoms with Gasteiger partial charge in [0.1, 0.15) is 5.75 Å². The Balaban J connectivity index is 2.62. The maximum absolute atomic E-state index is 11.2. The average Bonchev–Trinajstić information content (AvgIpc) is 2.16. The minimum Gasteiger partial charge on any atom is -0.426 e. The van der Waals surface area contributed by atoms with Crippen LogP contribution >= 0.6 is 0 Å². The minimum absolute atomic E-state index is 0.0491. The number of carbonyl (C=O) groups is 1. The van der Waals surface area contributed by atoms with E-state index in [0.29, 0.717) is 0 Å². The third kappa shape index (κ3) is 3.66. The Morgan fingerprint density at radius 3 is 2.50 bits per heavy atom. The normalized spacial score (nSPS) is 11.9. The Labute approximate surface area is 92.2 Å². The Hall–Kier alpha value is -1.95. The third-order valence-corrected chi connectivity index (χ3v) is 1.77. The molecule has 6 heteroatoms. The van der Waals surface area contributed by atoms with Crippen molar-refractivity contribution in [3.05, 3.63) is 34.4 Å². The number of nitrogens with zero attached hydrogens (tertiary/aromatic N) is 1. The van der Waals surface area contributed by atoms with E-state index in [4.69, 9.17) is 10.5 Å². The van der Waals surface area contributed by atoms with E-state index in [0.717, 1.165) is 0 Å². The van der Waals surface area contributed by atoms with Gasteiger partial charge in [-0.3, -0.25) is 14.9 Å². The standard InChI is InChI=1S/C10H12N2O4/c1-7(11)6-10(13)16-9-4-2-8(3-5-9)12(14)15/h2-5,7H,6,11H2,1H3. The molecule has 2 N–H and O–H groups in total. The fraction of sp³-hybridized carbons (Fsp3) is 0.300. The molecule has 6 nitrogen and oxygen atoms in total. The molecule has 0 heterocycles. The zero-order valence-electron chi connectivity index (χ0n) is 8.75. The molecule has 86 valence electrons. The molecule has 0 fully saturated rings. The molecule has 1 aromatic rings. The first-order chi connectivity index (χ1) is 7.49. The number of benzene rings is 1. The lowest BCUT2D eigenvalue weighted by Gasteiger charge is -2.05. The number of nitrogens with two attached hydrogens (primary N) is 1. The number of hydrogen-bond acceptors (Lipinski definition) is 5. The highest BCUT2D eigenvalue weighted by Gasteiger charge is 2.09. The Morgan fingerprint density at radius 2 is 2.06 bits per heavy atom. The first-order valence-corrected chi connectivity index (χ1v) is 4.69. The number of ether oxygens (including phenoxy) is 1. The summed E-state index contributed by atoms with van der Waals surface area (Å²) in [7, 11) is 0. The van der Waals surface area contributed by atoms with Crippen LogP contribution in [0.5, 0.6) is 5.75 Å². The van der Waals surface area contributed by atoms with E-state index < -0.39 is 10.9 Å². The summed E-state index contributed by atoms with van der Waals surface area (Å²) >= 11 is 0. The molecule has 1 atom stereocenters. The van der Waals surface area contributed by atoms with Crippen LogP contribution in [0.15, 0.2) is 24.3 Å². The smallest absolute Gasteiger partial charge is 0.312 e. The van der Waals surface area contributed by atoms with E-state index in [2.05, 4.69) is 0 Å². The highest BCUT2D eigenvalue weighted by atomic mass is 16.6. The highest BCUT2D eigenvalue weighted by Crippen LogP contribution is 2.17. The quantitative estimate of drug-likeness (QED) is 0.359. The summed E-state index contributed by atoms with van der Waals surface area (Å²) in [6.45, 7) is 1.69. The molecule has 0 radical (unpaired) electrons. The molecule has 0 amide bonds. The van der Waals surface area contributed by atoms with Crippen LogP contribution in [-0.4, -0.2) is 16.9 Å². The van der Waals surface area contributed by atoms with Crippen molar-refractivity contribution in [2.24, 2.45) is 5.73 Å². The molecule has 0 aliphatic carbocycles. The number of nitro benzene ring substituents is 1. The SMILES string of the molecule is CC(N)CC(=O)Oc1ccc([N+](=O)[O-])cc1. The van der Waals surface area contributed by atoms with Gasteiger partial charge < -0.3 is 10.5 Å². The number of esters is 1. The van der Waals surface area contributed by atoms with E-state index in [-0.39, 0.29) is 23.9 Å². The van der Waals surface area contributed by atoms with Crippen LogP contribution in [0.25, 0.3) is 0 Å². The van der Waals surface area contributed by atoms with Crippen molar-refractivity contribution in [3.63, 3.8) is 0 Å². The van der Waals surface area contributed by atoms with Gasteiger partial charge in [-0.15, -0.1) is 0 Å². The molecule has 16 heavy (non-hydrogen) atoms. The summed E-state index contributed by atoms with van der Waals surface area (Å²) in [6, 6.07) is 5.02. The van der Waals surface area contributed by atoms with E-state index in [1.165, 1.54) is 24.3 Å². The van der Waals surface area contributed by atoms with Crippen molar-refractivity contribution in [2.75, 3.05) is 0 Å². The Morgan fingerprint density at radius 1 is 1.50 bits per heavy atom. The van der Waals surface area contributed by atoms with E-state index >= 15 is 0 Å². The van der Waals surface area contributed by atoms with Gasteiger partial charge in [-0.25, -0.2) is 0 Å². The first kappa shape index (κ1) is 12.1. The third-order valence-electron chi connectivity index (χ3n) is 1.77. The molecule has 0 aromatic heterocycles. The molecule has 0 saturated heterocycles. The van der Waals surface area contributed by atoms with E-state index in [1.807, 2.05) is 0 Å². The number of carbonyl (C=O) groups excluding carboxylic acids is 1. The zero-order chi connectivity index (χ0) is 12.1. The van der Waals surface area contributed by atoms with Crippen LogP contribution in [0, 0.1) is 10.1 Å². The van der Waals surface area contributed by atoms with Crippen LogP contribution in [0.2, 0.25) is 0 Å². The number of non-ortho nitro benzene ring substituents is 1. The number of rotatable bonds is 4. The van der Waals surface area contributed by atoms with Crippen LogP contribution in [-0.2, 0) is 4.79 Å². The van der Waals surface area contributed by atoms with Crippen LogP contribution in [0.3, 0.4) is 0 Å². The molecule has 1 unspecified atom stereocenters. The zero-order valence-corrected chi connectivity index (χ0v) is 8.75.